The Kier molecular flexibility index (Phi) is 7.29. The van der Waals surface area contributed by atoms with Gasteiger partial charge in [-0.25, -0.2) is 15.0 Å². The summed E-state index contributed by atoms with van der Waals surface area (Å²) in [6.45, 7) is 0. The highest BCUT2D eigenvalue weighted by Gasteiger charge is 2.42. The molecule has 0 radical (unpaired) electrons. The normalized spacial score (nSPS) is 15.9. The van der Waals surface area contributed by atoms with Crippen molar-refractivity contribution in [3.63, 3.8) is 0 Å². The topological polar surface area (TPSA) is 61.0 Å². The molecule has 2 aromatic heterocycles. The third-order valence-corrected chi connectivity index (χ3v) is 11.8. The van der Waals surface area contributed by atoms with E-state index in [-0.39, 0.29) is 12.0 Å². The zero-order valence-electron chi connectivity index (χ0n) is 31.2. The maximum Gasteiger partial charge on any atom is 0.164 e. The van der Waals surface area contributed by atoms with Crippen molar-refractivity contribution in [2.45, 2.75) is 12.0 Å². The van der Waals surface area contributed by atoms with Crippen molar-refractivity contribution < 1.29 is 9.15 Å². The lowest BCUT2D eigenvalue weighted by atomic mass is 9.78. The van der Waals surface area contributed by atoms with Crippen LogP contribution in [0.2, 0.25) is 0 Å². The van der Waals surface area contributed by atoms with Gasteiger partial charge in [0, 0.05) is 38.6 Å². The molecule has 5 nitrogen and oxygen atoms in total. The van der Waals surface area contributed by atoms with Crippen LogP contribution in [0.1, 0.15) is 22.9 Å². The smallest absolute Gasteiger partial charge is 0.164 e. The van der Waals surface area contributed by atoms with Crippen LogP contribution < -0.4 is 4.74 Å². The summed E-state index contributed by atoms with van der Waals surface area (Å²) in [4.78, 5) is 15.7. The van der Waals surface area contributed by atoms with E-state index in [0.717, 1.165) is 71.9 Å². The van der Waals surface area contributed by atoms with Crippen LogP contribution in [0, 0.1) is 0 Å². The number of hydrogen-bond donors (Lipinski definition) is 0. The fraction of sp³-hybridized carbons (Fsp3) is 0.0377. The molecule has 0 saturated carbocycles. The Morgan fingerprint density at radius 2 is 1.02 bits per heavy atom. The van der Waals surface area contributed by atoms with Crippen LogP contribution in [0.4, 0.5) is 0 Å². The van der Waals surface area contributed by atoms with Gasteiger partial charge in [-0.15, -0.1) is 0 Å². The average molecular weight is 744 g/mol. The molecule has 0 bridgehead atoms. The van der Waals surface area contributed by atoms with Crippen molar-refractivity contribution >= 4 is 54.6 Å². The minimum atomic E-state index is -0.267. The number of allylic oxidation sites excluding steroid dienone is 2. The molecule has 272 valence electrons. The summed E-state index contributed by atoms with van der Waals surface area (Å²) in [6.07, 6.45) is 4.11. The number of furan rings is 1. The molecule has 12 rings (SSSR count). The van der Waals surface area contributed by atoms with E-state index in [2.05, 4.69) is 158 Å². The molecule has 2 atom stereocenters. The fourth-order valence-electron chi connectivity index (χ4n) is 8.91. The van der Waals surface area contributed by atoms with E-state index in [4.69, 9.17) is 24.1 Å². The van der Waals surface area contributed by atoms with Gasteiger partial charge in [0.05, 0.1) is 5.92 Å². The number of nitrogens with zero attached hydrogens (tertiary/aromatic N) is 3. The fourth-order valence-corrected chi connectivity index (χ4v) is 8.91. The van der Waals surface area contributed by atoms with Gasteiger partial charge in [-0.3, -0.25) is 0 Å². The van der Waals surface area contributed by atoms with E-state index >= 15 is 0 Å². The van der Waals surface area contributed by atoms with Crippen LogP contribution in [0.15, 0.2) is 192 Å². The highest BCUT2D eigenvalue weighted by atomic mass is 16.5. The molecule has 0 saturated heterocycles. The van der Waals surface area contributed by atoms with Crippen molar-refractivity contribution in [2.24, 2.45) is 0 Å². The number of benzene rings is 8. The first-order chi connectivity index (χ1) is 28.7. The lowest BCUT2D eigenvalue weighted by molar-refractivity contribution is 0.281. The predicted octanol–water partition coefficient (Wildman–Crippen LogP) is 13.1. The zero-order valence-corrected chi connectivity index (χ0v) is 31.2. The van der Waals surface area contributed by atoms with E-state index in [1.165, 1.54) is 21.9 Å². The molecule has 1 aliphatic heterocycles. The number of ether oxygens (including phenoxy) is 1. The van der Waals surface area contributed by atoms with E-state index in [0.29, 0.717) is 17.5 Å². The first kappa shape index (κ1) is 32.6. The van der Waals surface area contributed by atoms with Crippen molar-refractivity contribution in [2.75, 3.05) is 0 Å². The maximum atomic E-state index is 6.86. The second-order valence-electron chi connectivity index (χ2n) is 15.1. The third kappa shape index (κ3) is 5.28. The Balaban J connectivity index is 1.01. The lowest BCUT2D eigenvalue weighted by Gasteiger charge is -2.27. The Morgan fingerprint density at radius 3 is 1.90 bits per heavy atom. The van der Waals surface area contributed by atoms with Gasteiger partial charge in [-0.05, 0) is 68.6 Å². The van der Waals surface area contributed by atoms with Crippen LogP contribution in [0.5, 0.6) is 5.75 Å². The Bertz CT molecular complexity index is 3330. The summed E-state index contributed by atoms with van der Waals surface area (Å²) in [5, 5.41) is 6.91. The van der Waals surface area contributed by atoms with Crippen LogP contribution in [0.25, 0.3) is 88.5 Å². The second-order valence-corrected chi connectivity index (χ2v) is 15.1. The number of rotatable bonds is 5. The van der Waals surface area contributed by atoms with Crippen molar-refractivity contribution in [1.82, 2.24) is 15.0 Å². The van der Waals surface area contributed by atoms with Crippen LogP contribution >= 0.6 is 0 Å². The first-order valence-electron chi connectivity index (χ1n) is 19.7. The lowest BCUT2D eigenvalue weighted by Crippen LogP contribution is -2.25. The van der Waals surface area contributed by atoms with E-state index < -0.39 is 0 Å². The molecule has 2 unspecified atom stereocenters. The molecule has 0 spiro atoms. The molecule has 1 aliphatic carbocycles. The highest BCUT2D eigenvalue weighted by Crippen LogP contribution is 2.51. The summed E-state index contributed by atoms with van der Waals surface area (Å²) in [5.41, 5.74) is 10.2. The van der Waals surface area contributed by atoms with Gasteiger partial charge in [0.15, 0.2) is 17.5 Å². The van der Waals surface area contributed by atoms with Gasteiger partial charge in [-0.2, -0.15) is 0 Å². The van der Waals surface area contributed by atoms with Crippen LogP contribution in [-0.4, -0.2) is 21.1 Å². The molecule has 5 heteroatoms. The largest absolute Gasteiger partial charge is 0.484 e. The SMILES string of the molecule is C1=C(c2ccc(-c3cccc4ccccc34)cc2)C2Oc3ccccc3C2C(c2nc(-c3ccc4ccccc4c3)nc(-c3ccc4c(c3)oc3ccccc34)n2)=C1. The monoisotopic (exact) mass is 743 g/mol. The molecule has 0 amide bonds. The quantitative estimate of drug-likeness (QED) is 0.176. The zero-order chi connectivity index (χ0) is 38.2. The minimum absolute atomic E-state index is 0.133. The van der Waals surface area contributed by atoms with E-state index in [1.54, 1.807) is 0 Å². The van der Waals surface area contributed by atoms with Gasteiger partial charge in [-0.1, -0.05) is 158 Å². The molecule has 3 heterocycles. The van der Waals surface area contributed by atoms with E-state index in [1.807, 2.05) is 30.3 Å². The summed E-state index contributed by atoms with van der Waals surface area (Å²) in [5.74, 6) is 2.56. The van der Waals surface area contributed by atoms with Gasteiger partial charge < -0.3 is 9.15 Å². The minimum Gasteiger partial charge on any atom is -0.484 e. The highest BCUT2D eigenvalue weighted by molar-refractivity contribution is 6.06. The number of aromatic nitrogens is 3. The third-order valence-electron chi connectivity index (χ3n) is 11.8. The maximum absolute atomic E-state index is 6.86. The van der Waals surface area contributed by atoms with Gasteiger partial charge in [0.2, 0.25) is 0 Å². The van der Waals surface area contributed by atoms with Crippen molar-refractivity contribution in [3.05, 3.63) is 205 Å². The molecular formula is C53H33N3O2. The molecule has 0 fully saturated rings. The van der Waals surface area contributed by atoms with Gasteiger partial charge in [0.25, 0.3) is 0 Å². The average Bonchev–Trinajstić information content (AvgIpc) is 3.87. The van der Waals surface area contributed by atoms with Crippen LogP contribution in [0.3, 0.4) is 0 Å². The number of hydrogen-bond acceptors (Lipinski definition) is 5. The first-order valence-corrected chi connectivity index (χ1v) is 19.7. The second kappa shape index (κ2) is 13.0. The van der Waals surface area contributed by atoms with Gasteiger partial charge in [0.1, 0.15) is 23.0 Å². The number of fused-ring (bicyclic) bond motifs is 8. The van der Waals surface area contributed by atoms with E-state index in [9.17, 15) is 0 Å². The summed E-state index contributed by atoms with van der Waals surface area (Å²) < 4.78 is 13.2. The summed E-state index contributed by atoms with van der Waals surface area (Å²) in [6, 6.07) is 61.4. The van der Waals surface area contributed by atoms with Crippen molar-refractivity contribution in [1.29, 1.82) is 0 Å². The Morgan fingerprint density at radius 1 is 0.397 bits per heavy atom. The standard InChI is InChI=1S/C53H33N3O2/c1-2-12-36-30-37(25-20-32(36)10-1)51-54-52(38-26-27-43-42-15-5-7-18-46(42)57-48(43)31-38)56-53(55-51)45-29-28-41(50-49(45)44-16-6-8-19-47(44)58-50)35-23-21-34(22-24-35)40-17-9-13-33-11-3-4-14-39(33)40/h1-31,49-50H. The molecule has 10 aromatic rings. The molecule has 8 aromatic carbocycles. The molecule has 0 N–H and O–H groups in total. The number of para-hydroxylation sites is 2. The predicted molar refractivity (Wildman–Crippen MR) is 234 cm³/mol. The van der Waals surface area contributed by atoms with Gasteiger partial charge >= 0.3 is 0 Å². The molecular weight excluding hydrogens is 711 g/mol. The van der Waals surface area contributed by atoms with Crippen LogP contribution in [-0.2, 0) is 0 Å². The summed E-state index contributed by atoms with van der Waals surface area (Å²) >= 11 is 0. The summed E-state index contributed by atoms with van der Waals surface area (Å²) in [7, 11) is 0. The Labute approximate surface area is 334 Å². The molecule has 2 aliphatic rings. The Hall–Kier alpha value is -7.63. The van der Waals surface area contributed by atoms with Crippen molar-refractivity contribution in [3.8, 4) is 39.7 Å². The molecule has 58 heavy (non-hydrogen) atoms.